The third kappa shape index (κ3) is 5.04. The fourth-order valence-corrected chi connectivity index (χ4v) is 4.93. The van der Waals surface area contributed by atoms with E-state index in [9.17, 15) is 13.2 Å². The van der Waals surface area contributed by atoms with Gasteiger partial charge in [-0.05, 0) is 68.9 Å². The molecule has 0 spiro atoms. The van der Waals surface area contributed by atoms with Gasteiger partial charge in [-0.15, -0.1) is 0 Å². The number of hydrogen-bond acceptors (Lipinski definition) is 7. The van der Waals surface area contributed by atoms with Gasteiger partial charge in [0.15, 0.2) is 5.78 Å². The molecule has 2 aromatic rings. The fourth-order valence-electron chi connectivity index (χ4n) is 4.27. The van der Waals surface area contributed by atoms with E-state index in [1.54, 1.807) is 12.1 Å². The molecule has 1 aliphatic heterocycles. The lowest BCUT2D eigenvalue weighted by Gasteiger charge is -2.38. The Hall–Kier alpha value is -2.26. The summed E-state index contributed by atoms with van der Waals surface area (Å²) in [6.07, 6.45) is 1.10. The van der Waals surface area contributed by atoms with Crippen molar-refractivity contribution in [2.75, 3.05) is 52.3 Å². The zero-order valence-electron chi connectivity index (χ0n) is 19.3. The normalized spacial score (nSPS) is 16.7. The van der Waals surface area contributed by atoms with Gasteiger partial charge in [0.2, 0.25) is 0 Å². The summed E-state index contributed by atoms with van der Waals surface area (Å²) < 4.78 is 28.4. The van der Waals surface area contributed by atoms with Gasteiger partial charge in [-0.25, -0.2) is 0 Å². The Morgan fingerprint density at radius 3 is 2.16 bits per heavy atom. The molecule has 1 atom stereocenters. The molecule has 1 saturated heterocycles. The van der Waals surface area contributed by atoms with Crippen LogP contribution in [0.15, 0.2) is 53.4 Å². The van der Waals surface area contributed by atoms with Crippen LogP contribution in [0.2, 0.25) is 0 Å². The number of carbonyl (C=O) groups is 1. The highest BCUT2D eigenvalue weighted by Gasteiger charge is 2.39. The number of nitrogens with one attached hydrogen (secondary N) is 1. The third-order valence-electron chi connectivity index (χ3n) is 6.40. The van der Waals surface area contributed by atoms with E-state index >= 15 is 0 Å². The third-order valence-corrected chi connectivity index (χ3v) is 7.69. The predicted molar refractivity (Wildman–Crippen MR) is 127 cm³/mol. The molecule has 1 aliphatic rings. The molecule has 1 unspecified atom stereocenters. The van der Waals surface area contributed by atoms with Gasteiger partial charge in [0.1, 0.15) is 0 Å². The van der Waals surface area contributed by atoms with Crippen molar-refractivity contribution < 1.29 is 17.4 Å². The number of benzene rings is 2. The molecule has 0 aliphatic carbocycles. The van der Waals surface area contributed by atoms with E-state index in [-0.39, 0.29) is 10.7 Å². The Kier molecular flexibility index (Phi) is 7.71. The van der Waals surface area contributed by atoms with Crippen molar-refractivity contribution in [3.8, 4) is 0 Å². The van der Waals surface area contributed by atoms with Crippen LogP contribution in [0.25, 0.3) is 0 Å². The molecule has 1 heterocycles. The smallest absolute Gasteiger partial charge is 0.296 e. The molecule has 7 nitrogen and oxygen atoms in total. The van der Waals surface area contributed by atoms with Crippen molar-refractivity contribution in [1.82, 2.24) is 10.2 Å². The van der Waals surface area contributed by atoms with Crippen LogP contribution < -0.4 is 10.2 Å². The lowest BCUT2D eigenvalue weighted by atomic mass is 9.80. The molecular weight excluding hydrogens is 426 g/mol. The summed E-state index contributed by atoms with van der Waals surface area (Å²) in [6.45, 7) is 5.85. The van der Waals surface area contributed by atoms with E-state index < -0.39 is 15.7 Å². The standard InChI is InChI=1S/C24H33N3O4S/c1-5-24(26(2)3,18-19-6-12-22(13-7-19)32(29,30)31-4)23(28)20-8-10-21(11-9-20)27-16-14-25-15-17-27/h6-13,25H,5,14-18H2,1-4H3. The van der Waals surface area contributed by atoms with Crippen molar-refractivity contribution in [2.24, 2.45) is 0 Å². The van der Waals surface area contributed by atoms with E-state index in [1.165, 1.54) is 12.1 Å². The van der Waals surface area contributed by atoms with Crippen LogP contribution in [0.5, 0.6) is 0 Å². The molecule has 2 aromatic carbocycles. The Morgan fingerprint density at radius 2 is 1.66 bits per heavy atom. The number of carbonyl (C=O) groups excluding carboxylic acids is 1. The van der Waals surface area contributed by atoms with Crippen LogP contribution in [-0.4, -0.2) is 72.0 Å². The number of rotatable bonds is 9. The number of piperazine rings is 1. The summed E-state index contributed by atoms with van der Waals surface area (Å²) in [6, 6.07) is 14.4. The Balaban J connectivity index is 1.85. The van der Waals surface area contributed by atoms with Crippen LogP contribution in [-0.2, 0) is 20.7 Å². The molecule has 0 amide bonds. The highest BCUT2D eigenvalue weighted by Crippen LogP contribution is 2.29. The first kappa shape index (κ1) is 24.4. The topological polar surface area (TPSA) is 79.0 Å². The van der Waals surface area contributed by atoms with E-state index in [1.807, 2.05) is 50.2 Å². The summed E-state index contributed by atoms with van der Waals surface area (Å²) in [7, 11) is 1.24. The second kappa shape index (κ2) is 10.1. The zero-order valence-corrected chi connectivity index (χ0v) is 20.1. The molecule has 174 valence electrons. The maximum Gasteiger partial charge on any atom is 0.296 e. The molecule has 0 radical (unpaired) electrons. The van der Waals surface area contributed by atoms with Gasteiger partial charge in [-0.3, -0.25) is 13.9 Å². The highest BCUT2D eigenvalue weighted by molar-refractivity contribution is 7.86. The fraction of sp³-hybridized carbons (Fsp3) is 0.458. The number of nitrogens with zero attached hydrogens (tertiary/aromatic N) is 2. The highest BCUT2D eigenvalue weighted by atomic mass is 32.2. The van der Waals surface area contributed by atoms with E-state index in [2.05, 4.69) is 14.4 Å². The molecular formula is C24H33N3O4S. The largest absolute Gasteiger partial charge is 0.369 e. The molecule has 32 heavy (non-hydrogen) atoms. The first-order valence-corrected chi connectivity index (χ1v) is 12.3. The Bertz CT molecular complexity index is 1010. The van der Waals surface area contributed by atoms with Gasteiger partial charge in [0.05, 0.1) is 17.5 Å². The summed E-state index contributed by atoms with van der Waals surface area (Å²) in [4.78, 5) is 18.1. The molecule has 8 heteroatoms. The van der Waals surface area contributed by atoms with Gasteiger partial charge < -0.3 is 10.2 Å². The maximum atomic E-state index is 13.7. The van der Waals surface area contributed by atoms with Crippen molar-refractivity contribution in [2.45, 2.75) is 30.2 Å². The first-order valence-electron chi connectivity index (χ1n) is 10.9. The average molecular weight is 460 g/mol. The number of Topliss-reactive ketones (excluding diaryl/α,β-unsaturated/α-hetero) is 1. The van der Waals surface area contributed by atoms with Crippen molar-refractivity contribution in [3.05, 3.63) is 59.7 Å². The molecule has 1 N–H and O–H groups in total. The number of hydrogen-bond donors (Lipinski definition) is 1. The SMILES string of the molecule is CCC(Cc1ccc(S(=O)(=O)OC)cc1)(C(=O)c1ccc(N2CCNCC2)cc1)N(C)C. The zero-order chi connectivity index (χ0) is 23.4. The van der Waals surface area contributed by atoms with E-state index in [0.717, 1.165) is 44.5 Å². The van der Waals surface area contributed by atoms with Gasteiger partial charge >= 0.3 is 0 Å². The number of ketones is 1. The van der Waals surface area contributed by atoms with Crippen molar-refractivity contribution in [1.29, 1.82) is 0 Å². The summed E-state index contributed by atoms with van der Waals surface area (Å²) in [5.41, 5.74) is 1.96. The van der Waals surface area contributed by atoms with Crippen molar-refractivity contribution in [3.63, 3.8) is 0 Å². The quantitative estimate of drug-likeness (QED) is 0.456. The van der Waals surface area contributed by atoms with E-state index in [0.29, 0.717) is 18.4 Å². The van der Waals surface area contributed by atoms with Crippen molar-refractivity contribution >= 4 is 21.6 Å². The van der Waals surface area contributed by atoms with Crippen LogP contribution in [0.1, 0.15) is 29.3 Å². The molecule has 0 bridgehead atoms. The minimum absolute atomic E-state index is 0.0606. The first-order chi connectivity index (χ1) is 15.2. The van der Waals surface area contributed by atoms with Gasteiger partial charge in [-0.2, -0.15) is 8.42 Å². The van der Waals surface area contributed by atoms with Gasteiger partial charge in [0, 0.05) is 37.4 Å². The van der Waals surface area contributed by atoms with E-state index in [4.69, 9.17) is 0 Å². The van der Waals surface area contributed by atoms with Gasteiger partial charge in [0.25, 0.3) is 10.1 Å². The van der Waals surface area contributed by atoms with Crippen LogP contribution in [0.4, 0.5) is 5.69 Å². The summed E-state index contributed by atoms with van der Waals surface area (Å²) >= 11 is 0. The second-order valence-corrected chi connectivity index (χ2v) is 10.0. The number of likely N-dealkylation sites (N-methyl/N-ethyl adjacent to an activating group) is 1. The molecule has 0 saturated carbocycles. The monoisotopic (exact) mass is 459 g/mol. The van der Waals surface area contributed by atoms with Crippen LogP contribution in [0.3, 0.4) is 0 Å². The minimum Gasteiger partial charge on any atom is -0.369 e. The van der Waals surface area contributed by atoms with Crippen LogP contribution >= 0.6 is 0 Å². The Labute approximate surface area is 191 Å². The van der Waals surface area contributed by atoms with Crippen LogP contribution in [0, 0.1) is 0 Å². The second-order valence-electron chi connectivity index (χ2n) is 8.33. The lowest BCUT2D eigenvalue weighted by Crippen LogP contribution is -2.52. The molecule has 3 rings (SSSR count). The number of anilines is 1. The summed E-state index contributed by atoms with van der Waals surface area (Å²) in [5, 5.41) is 3.35. The average Bonchev–Trinajstić information content (AvgIpc) is 2.83. The minimum atomic E-state index is -3.74. The van der Waals surface area contributed by atoms with Gasteiger partial charge in [-0.1, -0.05) is 19.1 Å². The summed E-state index contributed by atoms with van der Waals surface area (Å²) in [5.74, 6) is 0.0606. The molecule has 0 aromatic heterocycles. The maximum absolute atomic E-state index is 13.7. The predicted octanol–water partition coefficient (Wildman–Crippen LogP) is 2.57. The Morgan fingerprint density at radius 1 is 1.06 bits per heavy atom. The lowest BCUT2D eigenvalue weighted by molar-refractivity contribution is 0.0666. The molecule has 1 fully saturated rings.